The van der Waals surface area contributed by atoms with Crippen molar-refractivity contribution in [3.63, 3.8) is 0 Å². The summed E-state index contributed by atoms with van der Waals surface area (Å²) in [7, 11) is 2.21. The molecule has 0 unspecified atom stereocenters. The molecule has 1 aromatic rings. The third kappa shape index (κ3) is 9.11. The summed E-state index contributed by atoms with van der Waals surface area (Å²) in [5.41, 5.74) is 0.0813. The minimum Gasteiger partial charge on any atom is -0.357 e. The number of halogens is 1. The van der Waals surface area contributed by atoms with Gasteiger partial charge in [-0.3, -0.25) is 4.99 Å². The molecular formula is C20H38IN5S. The Labute approximate surface area is 187 Å². The molecule has 7 heteroatoms. The van der Waals surface area contributed by atoms with Crippen LogP contribution in [0.5, 0.6) is 0 Å². The van der Waals surface area contributed by atoms with Gasteiger partial charge in [0.15, 0.2) is 5.96 Å². The van der Waals surface area contributed by atoms with Crippen molar-refractivity contribution >= 4 is 41.3 Å². The SMILES string of the molecule is CCNC(=NCC(C)(C)c1cccs1)NCCCCN1CCN(C)CC1.I. The van der Waals surface area contributed by atoms with Gasteiger partial charge in [0, 0.05) is 49.6 Å². The van der Waals surface area contributed by atoms with Crippen LogP contribution >= 0.6 is 35.3 Å². The zero-order valence-electron chi connectivity index (χ0n) is 17.5. The lowest BCUT2D eigenvalue weighted by molar-refractivity contribution is 0.152. The zero-order chi connectivity index (χ0) is 18.8. The van der Waals surface area contributed by atoms with Crippen molar-refractivity contribution < 1.29 is 0 Å². The summed E-state index contributed by atoms with van der Waals surface area (Å²) >= 11 is 1.82. The predicted octanol–water partition coefficient (Wildman–Crippen LogP) is 3.23. The van der Waals surface area contributed by atoms with Crippen molar-refractivity contribution in [2.45, 2.75) is 39.0 Å². The largest absolute Gasteiger partial charge is 0.357 e. The first-order chi connectivity index (χ1) is 12.5. The number of hydrogen-bond acceptors (Lipinski definition) is 4. The van der Waals surface area contributed by atoms with Gasteiger partial charge < -0.3 is 20.4 Å². The molecule has 0 aromatic carbocycles. The highest BCUT2D eigenvalue weighted by molar-refractivity contribution is 14.0. The van der Waals surface area contributed by atoms with E-state index in [9.17, 15) is 0 Å². The number of nitrogens with zero attached hydrogens (tertiary/aromatic N) is 3. The van der Waals surface area contributed by atoms with Gasteiger partial charge in [0.05, 0.1) is 6.54 Å². The van der Waals surface area contributed by atoms with Crippen LogP contribution in [0.1, 0.15) is 38.5 Å². The van der Waals surface area contributed by atoms with E-state index in [2.05, 4.69) is 65.8 Å². The number of guanidine groups is 1. The predicted molar refractivity (Wildman–Crippen MR) is 130 cm³/mol. The molecule has 1 aliphatic rings. The second-order valence-corrected chi connectivity index (χ2v) is 8.78. The molecule has 1 aliphatic heterocycles. The number of thiophene rings is 1. The summed E-state index contributed by atoms with van der Waals surface area (Å²) in [6.45, 7) is 15.4. The van der Waals surface area contributed by atoms with Gasteiger partial charge in [-0.25, -0.2) is 0 Å². The van der Waals surface area contributed by atoms with E-state index >= 15 is 0 Å². The van der Waals surface area contributed by atoms with E-state index < -0.39 is 0 Å². The monoisotopic (exact) mass is 507 g/mol. The maximum atomic E-state index is 4.82. The topological polar surface area (TPSA) is 42.9 Å². The van der Waals surface area contributed by atoms with Crippen LogP contribution in [0.2, 0.25) is 0 Å². The van der Waals surface area contributed by atoms with Crippen LogP contribution in [-0.4, -0.2) is 75.2 Å². The van der Waals surface area contributed by atoms with Gasteiger partial charge in [-0.2, -0.15) is 0 Å². The molecule has 0 saturated carbocycles. The lowest BCUT2D eigenvalue weighted by atomic mass is 9.92. The molecular weight excluding hydrogens is 469 g/mol. The quantitative estimate of drug-likeness (QED) is 0.233. The average molecular weight is 508 g/mol. The van der Waals surface area contributed by atoms with Crippen LogP contribution in [0.4, 0.5) is 0 Å². The lowest BCUT2D eigenvalue weighted by Crippen LogP contribution is -2.44. The highest BCUT2D eigenvalue weighted by Gasteiger charge is 2.21. The third-order valence-corrected chi connectivity index (χ3v) is 6.19. The minimum absolute atomic E-state index is 0. The summed E-state index contributed by atoms with van der Waals surface area (Å²) in [6.07, 6.45) is 2.43. The number of likely N-dealkylation sites (N-methyl/N-ethyl adjacent to an activating group) is 1. The summed E-state index contributed by atoms with van der Waals surface area (Å²) in [5, 5.41) is 9.01. The molecule has 0 atom stereocenters. The maximum Gasteiger partial charge on any atom is 0.191 e. The van der Waals surface area contributed by atoms with Gasteiger partial charge in [0.2, 0.25) is 0 Å². The van der Waals surface area contributed by atoms with Crippen molar-refractivity contribution in [3.8, 4) is 0 Å². The molecule has 5 nitrogen and oxygen atoms in total. The van der Waals surface area contributed by atoms with Crippen molar-refractivity contribution in [2.75, 3.05) is 59.4 Å². The molecule has 1 aromatic heterocycles. The standard InChI is InChI=1S/C20H37N5S.HI/c1-5-21-19(23-17-20(2,3)18-9-8-16-26-18)22-10-6-7-11-25-14-12-24(4)13-15-25;/h8-9,16H,5-7,10-15,17H2,1-4H3,(H2,21,22,23);1H. The Bertz CT molecular complexity index is 524. The van der Waals surface area contributed by atoms with Gasteiger partial charge >= 0.3 is 0 Å². The fourth-order valence-corrected chi connectivity index (χ4v) is 3.94. The number of piperazine rings is 1. The second-order valence-electron chi connectivity index (χ2n) is 7.84. The van der Waals surface area contributed by atoms with E-state index in [1.807, 2.05) is 11.3 Å². The van der Waals surface area contributed by atoms with E-state index in [1.165, 1.54) is 50.4 Å². The van der Waals surface area contributed by atoms with Crippen LogP contribution in [-0.2, 0) is 5.41 Å². The summed E-state index contributed by atoms with van der Waals surface area (Å²) in [4.78, 5) is 11.2. The van der Waals surface area contributed by atoms with Crippen LogP contribution in [0, 0.1) is 0 Å². The normalized spacial score (nSPS) is 16.8. The Morgan fingerprint density at radius 1 is 1.19 bits per heavy atom. The Hall–Kier alpha value is -0.380. The Balaban J connectivity index is 0.00000364. The smallest absolute Gasteiger partial charge is 0.191 e. The van der Waals surface area contributed by atoms with E-state index in [1.54, 1.807) is 0 Å². The fraction of sp³-hybridized carbons (Fsp3) is 0.750. The number of hydrogen-bond donors (Lipinski definition) is 2. The molecule has 2 rings (SSSR count). The molecule has 0 amide bonds. The molecule has 0 aliphatic carbocycles. The first kappa shape index (κ1) is 24.7. The van der Waals surface area contributed by atoms with Gasteiger partial charge in [-0.15, -0.1) is 35.3 Å². The Kier molecular flexibility index (Phi) is 11.8. The minimum atomic E-state index is 0. The molecule has 0 bridgehead atoms. The van der Waals surface area contributed by atoms with Crippen molar-refractivity contribution in [1.82, 2.24) is 20.4 Å². The van der Waals surface area contributed by atoms with Crippen molar-refractivity contribution in [1.29, 1.82) is 0 Å². The van der Waals surface area contributed by atoms with E-state index in [4.69, 9.17) is 4.99 Å². The van der Waals surface area contributed by atoms with Crippen LogP contribution < -0.4 is 10.6 Å². The van der Waals surface area contributed by atoms with Crippen molar-refractivity contribution in [3.05, 3.63) is 22.4 Å². The number of aliphatic imine (C=N–C) groups is 1. The Morgan fingerprint density at radius 2 is 1.93 bits per heavy atom. The van der Waals surface area contributed by atoms with Crippen LogP contribution in [0.3, 0.4) is 0 Å². The lowest BCUT2D eigenvalue weighted by Gasteiger charge is -2.32. The number of nitrogens with one attached hydrogen (secondary N) is 2. The molecule has 27 heavy (non-hydrogen) atoms. The van der Waals surface area contributed by atoms with Gasteiger partial charge in [-0.1, -0.05) is 19.9 Å². The van der Waals surface area contributed by atoms with Crippen molar-refractivity contribution in [2.24, 2.45) is 4.99 Å². The molecule has 2 heterocycles. The van der Waals surface area contributed by atoms with Gasteiger partial charge in [0.25, 0.3) is 0 Å². The zero-order valence-corrected chi connectivity index (χ0v) is 20.6. The number of unbranched alkanes of at least 4 members (excludes halogenated alkanes) is 1. The van der Waals surface area contributed by atoms with Gasteiger partial charge in [0.1, 0.15) is 0 Å². The van der Waals surface area contributed by atoms with Crippen LogP contribution in [0.15, 0.2) is 22.5 Å². The highest BCUT2D eigenvalue weighted by Crippen LogP contribution is 2.27. The molecule has 0 spiro atoms. The van der Waals surface area contributed by atoms with E-state index in [0.717, 1.165) is 25.6 Å². The maximum absolute atomic E-state index is 4.82. The summed E-state index contributed by atoms with van der Waals surface area (Å²) in [6, 6.07) is 4.33. The average Bonchev–Trinajstić information content (AvgIpc) is 3.16. The molecule has 1 saturated heterocycles. The van der Waals surface area contributed by atoms with Crippen LogP contribution in [0.25, 0.3) is 0 Å². The number of rotatable bonds is 9. The molecule has 156 valence electrons. The Morgan fingerprint density at radius 3 is 2.56 bits per heavy atom. The fourth-order valence-electron chi connectivity index (χ4n) is 3.10. The summed E-state index contributed by atoms with van der Waals surface area (Å²) < 4.78 is 0. The third-order valence-electron chi connectivity index (χ3n) is 4.95. The first-order valence-corrected chi connectivity index (χ1v) is 10.9. The molecule has 0 radical (unpaired) electrons. The highest BCUT2D eigenvalue weighted by atomic mass is 127. The van der Waals surface area contributed by atoms with E-state index in [0.29, 0.717) is 0 Å². The molecule has 2 N–H and O–H groups in total. The first-order valence-electron chi connectivity index (χ1n) is 9.98. The van der Waals surface area contributed by atoms with E-state index in [-0.39, 0.29) is 29.4 Å². The molecule has 1 fully saturated rings. The second kappa shape index (κ2) is 13.0. The van der Waals surface area contributed by atoms with Gasteiger partial charge in [-0.05, 0) is 44.8 Å². The summed E-state index contributed by atoms with van der Waals surface area (Å²) in [5.74, 6) is 0.941.